The molecule has 1 atom stereocenters. The fourth-order valence-electron chi connectivity index (χ4n) is 2.52. The molecule has 4 heteroatoms. The lowest BCUT2D eigenvalue weighted by molar-refractivity contribution is 0.294. The van der Waals surface area contributed by atoms with Crippen LogP contribution in [-0.2, 0) is 0 Å². The van der Waals surface area contributed by atoms with Crippen LogP contribution in [-0.4, -0.2) is 31.1 Å². The molecule has 1 aromatic rings. The Kier molecular flexibility index (Phi) is 5.24. The van der Waals surface area contributed by atoms with E-state index in [0.717, 1.165) is 23.2 Å². The Morgan fingerprint density at radius 1 is 1.37 bits per heavy atom. The van der Waals surface area contributed by atoms with E-state index >= 15 is 0 Å². The largest absolute Gasteiger partial charge is 0.385 e. The number of halogens is 1. The van der Waals surface area contributed by atoms with Crippen molar-refractivity contribution in [2.75, 3.05) is 31.5 Å². The first-order valence-electron chi connectivity index (χ1n) is 6.84. The summed E-state index contributed by atoms with van der Waals surface area (Å²) in [6.07, 6.45) is 2.69. The summed E-state index contributed by atoms with van der Waals surface area (Å²) in [4.78, 5) is 2.54. The van der Waals surface area contributed by atoms with Gasteiger partial charge in [-0.25, -0.2) is 0 Å². The van der Waals surface area contributed by atoms with Gasteiger partial charge in [-0.2, -0.15) is 5.26 Å². The molecule has 19 heavy (non-hydrogen) atoms. The lowest BCUT2D eigenvalue weighted by atomic mass is 10.1. The SMILES string of the molecule is CC(CNc1cc(Br)cc(C#N)c1)CN1CCCC1. The Morgan fingerprint density at radius 3 is 2.79 bits per heavy atom. The molecule has 1 aliphatic heterocycles. The number of nitrogens with one attached hydrogen (secondary N) is 1. The summed E-state index contributed by atoms with van der Waals surface area (Å²) < 4.78 is 0.946. The van der Waals surface area contributed by atoms with Crippen LogP contribution in [0.15, 0.2) is 22.7 Å². The Hall–Kier alpha value is -1.05. The normalized spacial score (nSPS) is 17.1. The van der Waals surface area contributed by atoms with Crippen molar-refractivity contribution in [1.29, 1.82) is 5.26 Å². The zero-order chi connectivity index (χ0) is 13.7. The number of hydrogen-bond acceptors (Lipinski definition) is 3. The highest BCUT2D eigenvalue weighted by molar-refractivity contribution is 9.10. The number of anilines is 1. The van der Waals surface area contributed by atoms with E-state index in [-0.39, 0.29) is 0 Å². The third-order valence-corrected chi connectivity index (χ3v) is 3.91. The molecule has 1 aromatic carbocycles. The van der Waals surface area contributed by atoms with Crippen LogP contribution >= 0.6 is 15.9 Å². The molecule has 1 N–H and O–H groups in total. The van der Waals surface area contributed by atoms with E-state index in [9.17, 15) is 0 Å². The fraction of sp³-hybridized carbons (Fsp3) is 0.533. The molecule has 1 saturated heterocycles. The minimum Gasteiger partial charge on any atom is -0.385 e. The molecule has 0 saturated carbocycles. The van der Waals surface area contributed by atoms with E-state index < -0.39 is 0 Å². The van der Waals surface area contributed by atoms with E-state index in [0.29, 0.717) is 11.5 Å². The van der Waals surface area contributed by atoms with Crippen LogP contribution < -0.4 is 5.32 Å². The topological polar surface area (TPSA) is 39.1 Å². The molecule has 0 bridgehead atoms. The lowest BCUT2D eigenvalue weighted by Crippen LogP contribution is -2.28. The Bertz CT molecular complexity index is 461. The van der Waals surface area contributed by atoms with Gasteiger partial charge in [0.15, 0.2) is 0 Å². The lowest BCUT2D eigenvalue weighted by Gasteiger charge is -2.21. The summed E-state index contributed by atoms with van der Waals surface area (Å²) in [5.74, 6) is 0.614. The highest BCUT2D eigenvalue weighted by Gasteiger charge is 2.14. The molecule has 0 aliphatic carbocycles. The molecule has 1 unspecified atom stereocenters. The first-order chi connectivity index (χ1) is 9.17. The smallest absolute Gasteiger partial charge is 0.0992 e. The van der Waals surface area contributed by atoms with Crippen LogP contribution in [0.3, 0.4) is 0 Å². The average Bonchev–Trinajstić information content (AvgIpc) is 2.88. The molecule has 0 amide bonds. The van der Waals surface area contributed by atoms with Crippen LogP contribution in [0.5, 0.6) is 0 Å². The van der Waals surface area contributed by atoms with Crippen molar-refractivity contribution in [3.63, 3.8) is 0 Å². The van der Waals surface area contributed by atoms with Crippen molar-refractivity contribution in [2.45, 2.75) is 19.8 Å². The quantitative estimate of drug-likeness (QED) is 0.902. The van der Waals surface area contributed by atoms with Crippen molar-refractivity contribution < 1.29 is 0 Å². The van der Waals surface area contributed by atoms with E-state index in [1.54, 1.807) is 0 Å². The number of nitriles is 1. The summed E-state index contributed by atoms with van der Waals surface area (Å²) in [7, 11) is 0. The third-order valence-electron chi connectivity index (χ3n) is 3.45. The van der Waals surface area contributed by atoms with Gasteiger partial charge < -0.3 is 10.2 Å². The summed E-state index contributed by atoms with van der Waals surface area (Å²) >= 11 is 3.43. The van der Waals surface area contributed by atoms with Crippen LogP contribution in [0.1, 0.15) is 25.3 Å². The van der Waals surface area contributed by atoms with Crippen LogP contribution in [0.4, 0.5) is 5.69 Å². The fourth-order valence-corrected chi connectivity index (χ4v) is 3.01. The second-order valence-electron chi connectivity index (χ2n) is 5.33. The highest BCUT2D eigenvalue weighted by Crippen LogP contribution is 2.19. The minimum atomic E-state index is 0.614. The van der Waals surface area contributed by atoms with Crippen molar-refractivity contribution in [3.8, 4) is 6.07 Å². The molecular weight excluding hydrogens is 302 g/mol. The Balaban J connectivity index is 1.84. The van der Waals surface area contributed by atoms with Gasteiger partial charge in [-0.05, 0) is 50.0 Å². The van der Waals surface area contributed by atoms with E-state index in [1.165, 1.54) is 25.9 Å². The summed E-state index contributed by atoms with van der Waals surface area (Å²) in [5, 5.41) is 12.4. The third kappa shape index (κ3) is 4.52. The van der Waals surface area contributed by atoms with Crippen LogP contribution in [0.2, 0.25) is 0 Å². The van der Waals surface area contributed by atoms with Gasteiger partial charge in [0.1, 0.15) is 0 Å². The van der Waals surface area contributed by atoms with Crippen LogP contribution in [0.25, 0.3) is 0 Å². The molecule has 0 radical (unpaired) electrons. The van der Waals surface area contributed by atoms with E-state index in [1.807, 2.05) is 18.2 Å². The van der Waals surface area contributed by atoms with Gasteiger partial charge >= 0.3 is 0 Å². The molecule has 0 spiro atoms. The predicted octanol–water partition coefficient (Wildman–Crippen LogP) is 3.46. The standard InChI is InChI=1S/C15H20BrN3/c1-12(11-19-4-2-3-5-19)10-18-15-7-13(9-17)6-14(16)8-15/h6-8,12,18H,2-5,10-11H2,1H3. The van der Waals surface area contributed by atoms with Gasteiger partial charge in [-0.15, -0.1) is 0 Å². The van der Waals surface area contributed by atoms with Crippen molar-refractivity contribution in [3.05, 3.63) is 28.2 Å². The first-order valence-corrected chi connectivity index (χ1v) is 7.63. The van der Waals surface area contributed by atoms with E-state index in [2.05, 4.69) is 39.1 Å². The zero-order valence-electron chi connectivity index (χ0n) is 11.3. The predicted molar refractivity (Wildman–Crippen MR) is 82.2 cm³/mol. The summed E-state index contributed by atoms with van der Waals surface area (Å²) in [6, 6.07) is 7.92. The number of hydrogen-bond donors (Lipinski definition) is 1. The number of likely N-dealkylation sites (tertiary alicyclic amines) is 1. The summed E-state index contributed by atoms with van der Waals surface area (Å²) in [6.45, 7) is 6.87. The monoisotopic (exact) mass is 321 g/mol. The van der Waals surface area contributed by atoms with Gasteiger partial charge in [0.25, 0.3) is 0 Å². The molecule has 102 valence electrons. The van der Waals surface area contributed by atoms with Gasteiger partial charge in [0, 0.05) is 23.2 Å². The van der Waals surface area contributed by atoms with Gasteiger partial charge in [-0.3, -0.25) is 0 Å². The second-order valence-corrected chi connectivity index (χ2v) is 6.25. The zero-order valence-corrected chi connectivity index (χ0v) is 12.9. The highest BCUT2D eigenvalue weighted by atomic mass is 79.9. The molecular formula is C15H20BrN3. The van der Waals surface area contributed by atoms with Crippen molar-refractivity contribution in [1.82, 2.24) is 4.90 Å². The number of nitrogens with zero attached hydrogens (tertiary/aromatic N) is 2. The molecule has 0 aromatic heterocycles. The van der Waals surface area contributed by atoms with Gasteiger partial charge in [-0.1, -0.05) is 22.9 Å². The van der Waals surface area contributed by atoms with Gasteiger partial charge in [0.2, 0.25) is 0 Å². The maximum Gasteiger partial charge on any atom is 0.0992 e. The molecule has 1 heterocycles. The molecule has 2 rings (SSSR count). The van der Waals surface area contributed by atoms with Crippen LogP contribution in [0, 0.1) is 17.2 Å². The Labute approximate surface area is 123 Å². The number of benzene rings is 1. The van der Waals surface area contributed by atoms with Gasteiger partial charge in [0.05, 0.1) is 11.6 Å². The Morgan fingerprint density at radius 2 is 2.11 bits per heavy atom. The maximum absolute atomic E-state index is 8.95. The average molecular weight is 322 g/mol. The number of rotatable bonds is 5. The first kappa shape index (κ1) is 14.4. The van der Waals surface area contributed by atoms with Crippen molar-refractivity contribution >= 4 is 21.6 Å². The minimum absolute atomic E-state index is 0.614. The molecule has 3 nitrogen and oxygen atoms in total. The van der Waals surface area contributed by atoms with E-state index in [4.69, 9.17) is 5.26 Å². The molecule has 1 aliphatic rings. The second kappa shape index (κ2) is 6.93. The molecule has 1 fully saturated rings. The summed E-state index contributed by atoms with van der Waals surface area (Å²) in [5.41, 5.74) is 1.70. The maximum atomic E-state index is 8.95. The van der Waals surface area contributed by atoms with Crippen molar-refractivity contribution in [2.24, 2.45) is 5.92 Å².